The molecule has 0 unspecified atom stereocenters. The van der Waals surface area contributed by atoms with Gasteiger partial charge in [-0.1, -0.05) is 58.3 Å². The quantitative estimate of drug-likeness (QED) is 0.228. The fourth-order valence-electron chi connectivity index (χ4n) is 1.75. The first-order chi connectivity index (χ1) is 9.83. The summed E-state index contributed by atoms with van der Waals surface area (Å²) in [6.45, 7) is 5.08. The number of unbranched alkanes of at least 4 members (excludes halogenated alkanes) is 8. The molecule has 0 aliphatic carbocycles. The summed E-state index contributed by atoms with van der Waals surface area (Å²) in [5, 5.41) is 7.86. The van der Waals surface area contributed by atoms with Gasteiger partial charge < -0.3 is 16.8 Å². The van der Waals surface area contributed by atoms with E-state index in [0.717, 1.165) is 6.42 Å². The summed E-state index contributed by atoms with van der Waals surface area (Å²) in [5.41, 5.74) is 0. The van der Waals surface area contributed by atoms with E-state index < -0.39 is 22.5 Å². The molecular formula is C15H31NaO5S. The van der Waals surface area contributed by atoms with Gasteiger partial charge in [0.1, 0.15) is 0 Å². The van der Waals surface area contributed by atoms with Gasteiger partial charge in [0, 0.05) is 0 Å². The number of aliphatic hydroxyl groups is 1. The molecule has 0 aromatic heterocycles. The van der Waals surface area contributed by atoms with Crippen molar-refractivity contribution < 1.29 is 52.4 Å². The number of carbonyl (C=O) groups is 1. The van der Waals surface area contributed by atoms with Crippen LogP contribution in [0.1, 0.15) is 71.1 Å². The molecule has 0 aliphatic rings. The smallest absolute Gasteiger partial charge is 0.395 e. The Hall–Kier alpha value is 0.410. The topological polar surface area (TPSA) is 91.7 Å². The molecule has 0 atom stereocenters. The molecule has 0 amide bonds. The summed E-state index contributed by atoms with van der Waals surface area (Å²) >= 11 is 0. The first-order valence-electron chi connectivity index (χ1n) is 7.74. The van der Waals surface area contributed by atoms with Gasteiger partial charge in [0.05, 0.1) is 12.4 Å². The van der Waals surface area contributed by atoms with Crippen molar-refractivity contribution in [2.24, 2.45) is 0 Å². The molecule has 5 nitrogen and oxygen atoms in total. The Morgan fingerprint density at radius 2 is 1.36 bits per heavy atom. The molecule has 0 spiro atoms. The van der Waals surface area contributed by atoms with Gasteiger partial charge in [-0.25, -0.2) is 0 Å². The van der Waals surface area contributed by atoms with Gasteiger partial charge in [-0.3, -0.25) is 4.55 Å². The van der Waals surface area contributed by atoms with Gasteiger partial charge in [-0.15, -0.1) is 0 Å². The Bertz CT molecular complexity index is 331. The largest absolute Gasteiger partial charge is 1.00 e. The summed E-state index contributed by atoms with van der Waals surface area (Å²) in [5.74, 6) is -0.486. The number of carbonyl (C=O) groups excluding carboxylic acids is 1. The van der Waals surface area contributed by atoms with E-state index in [1.807, 2.05) is 0 Å². The van der Waals surface area contributed by atoms with Crippen molar-refractivity contribution in [1.82, 2.24) is 0 Å². The maximum Gasteiger partial charge on any atom is 1.00 e. The molecule has 0 heterocycles. The number of aliphatic hydroxyl groups excluding tert-OH is 1. The van der Waals surface area contributed by atoms with Crippen molar-refractivity contribution in [2.45, 2.75) is 71.1 Å². The minimum absolute atomic E-state index is 0. The summed E-state index contributed by atoms with van der Waals surface area (Å²) in [7, 11) is -3.92. The van der Waals surface area contributed by atoms with Crippen molar-refractivity contribution in [3.63, 3.8) is 0 Å². The molecule has 0 aromatic rings. The summed E-state index contributed by atoms with van der Waals surface area (Å²) < 4.78 is 27.1. The predicted molar refractivity (Wildman–Crippen MR) is 85.7 cm³/mol. The van der Waals surface area contributed by atoms with Gasteiger partial charge >= 0.3 is 29.6 Å². The summed E-state index contributed by atoms with van der Waals surface area (Å²) in [4.78, 5) is 10.5. The zero-order chi connectivity index (χ0) is 16.6. The van der Waals surface area contributed by atoms with Crippen molar-refractivity contribution in [3.05, 3.63) is 6.92 Å². The van der Waals surface area contributed by atoms with Crippen molar-refractivity contribution in [1.29, 1.82) is 0 Å². The number of hydrogen-bond acceptors (Lipinski definition) is 4. The van der Waals surface area contributed by atoms with Crippen molar-refractivity contribution >= 4 is 15.9 Å². The van der Waals surface area contributed by atoms with Crippen LogP contribution in [-0.2, 0) is 14.9 Å². The number of rotatable bonds is 12. The molecule has 0 fully saturated rings. The predicted octanol–water partition coefficient (Wildman–Crippen LogP) is 0.181. The van der Waals surface area contributed by atoms with Gasteiger partial charge in [0.15, 0.2) is 0 Å². The van der Waals surface area contributed by atoms with E-state index in [2.05, 4.69) is 13.8 Å². The van der Waals surface area contributed by atoms with Crippen LogP contribution in [0.2, 0.25) is 0 Å². The Balaban J connectivity index is -0.000000385. The molecule has 0 rings (SSSR count). The number of ketones is 1. The van der Waals surface area contributed by atoms with E-state index >= 15 is 0 Å². The van der Waals surface area contributed by atoms with Crippen LogP contribution in [0.4, 0.5) is 0 Å². The number of hydrogen-bond donors (Lipinski definition) is 2. The third-order valence-electron chi connectivity index (χ3n) is 2.91. The maximum absolute atomic E-state index is 10.5. The Kier molecular flexibility index (Phi) is 24.1. The first kappa shape index (κ1) is 27.3. The third-order valence-corrected chi connectivity index (χ3v) is 3.61. The molecule has 0 radical (unpaired) electrons. The molecule has 0 bridgehead atoms. The maximum atomic E-state index is 10.5. The Morgan fingerprint density at radius 1 is 0.955 bits per heavy atom. The van der Waals surface area contributed by atoms with E-state index in [9.17, 15) is 13.2 Å². The zero-order valence-electron chi connectivity index (χ0n) is 14.2. The molecule has 7 heteroatoms. The summed E-state index contributed by atoms with van der Waals surface area (Å²) in [6.07, 6.45) is 12.4. The van der Waals surface area contributed by atoms with E-state index in [1.165, 1.54) is 51.4 Å². The van der Waals surface area contributed by atoms with Gasteiger partial charge in [-0.2, -0.15) is 8.42 Å². The first-order valence-corrected chi connectivity index (χ1v) is 9.35. The van der Waals surface area contributed by atoms with Crippen LogP contribution >= 0.6 is 0 Å². The van der Waals surface area contributed by atoms with Crippen LogP contribution in [-0.4, -0.2) is 36.2 Å². The van der Waals surface area contributed by atoms with Crippen LogP contribution in [0.3, 0.4) is 0 Å². The van der Waals surface area contributed by atoms with Crippen LogP contribution in [0.5, 0.6) is 0 Å². The molecule has 2 N–H and O–H groups in total. The van der Waals surface area contributed by atoms with E-state index in [4.69, 9.17) is 9.66 Å². The summed E-state index contributed by atoms with van der Waals surface area (Å²) in [6, 6.07) is 0. The molecule has 0 saturated heterocycles. The standard InChI is InChI=1S/C13H25O.C2H6O4S.Na/c1-3-4-5-6-7-8-9-10-11-12-13(2)14;3-1-2-7(4,5)6;/h2-12H2,1H3;3H,1-2H2,(H,4,5,6);/q-1;;+1. The molecule has 22 heavy (non-hydrogen) atoms. The number of Topliss-reactive ketones (excluding diaryl/α,β-unsaturated/α-hetero) is 1. The van der Waals surface area contributed by atoms with E-state index in [-0.39, 0.29) is 35.3 Å². The monoisotopic (exact) mass is 346 g/mol. The van der Waals surface area contributed by atoms with E-state index in [1.54, 1.807) is 0 Å². The normalized spacial score (nSPS) is 10.3. The average molecular weight is 346 g/mol. The fraction of sp³-hybridized carbons (Fsp3) is 0.867. The van der Waals surface area contributed by atoms with E-state index in [0.29, 0.717) is 6.42 Å². The molecule has 0 aliphatic heterocycles. The second-order valence-corrected chi connectivity index (χ2v) is 6.70. The van der Waals surface area contributed by atoms with Crippen molar-refractivity contribution in [2.75, 3.05) is 12.4 Å². The minimum atomic E-state index is -3.92. The van der Waals surface area contributed by atoms with Crippen molar-refractivity contribution in [3.8, 4) is 0 Å². The van der Waals surface area contributed by atoms with Gasteiger partial charge in [0.25, 0.3) is 10.1 Å². The Labute approximate surface area is 158 Å². The zero-order valence-corrected chi connectivity index (χ0v) is 17.0. The second kappa shape index (κ2) is 19.5. The van der Waals surface area contributed by atoms with Crippen LogP contribution < -0.4 is 29.6 Å². The van der Waals surface area contributed by atoms with Crippen LogP contribution in [0.15, 0.2) is 0 Å². The molecule has 0 aromatic carbocycles. The minimum Gasteiger partial charge on any atom is -0.395 e. The van der Waals surface area contributed by atoms with Crippen LogP contribution in [0, 0.1) is 6.92 Å². The molecular weight excluding hydrogens is 315 g/mol. The SMILES string of the molecule is O=S(=O)(O)CCO.[CH2-]C(=O)CCCCCCCCCCC.[Na+]. The molecule has 0 saturated carbocycles. The van der Waals surface area contributed by atoms with Gasteiger partial charge in [-0.05, 0) is 18.6 Å². The average Bonchev–Trinajstić information content (AvgIpc) is 2.36. The fourth-order valence-corrected chi connectivity index (χ4v) is 1.98. The van der Waals surface area contributed by atoms with Gasteiger partial charge in [0.2, 0.25) is 0 Å². The Morgan fingerprint density at radius 3 is 1.64 bits per heavy atom. The van der Waals surface area contributed by atoms with Crippen LogP contribution in [0.25, 0.3) is 0 Å². The second-order valence-electron chi connectivity index (χ2n) is 5.13. The third kappa shape index (κ3) is 32.4. The molecule has 128 valence electrons.